The van der Waals surface area contributed by atoms with Crippen molar-refractivity contribution in [1.82, 2.24) is 0 Å². The summed E-state index contributed by atoms with van der Waals surface area (Å²) in [4.78, 5) is 0. The van der Waals surface area contributed by atoms with Crippen LogP contribution < -0.4 is 10.1 Å². The van der Waals surface area contributed by atoms with E-state index in [1.54, 1.807) is 6.07 Å². The lowest BCUT2D eigenvalue weighted by molar-refractivity contribution is 0.281. The maximum atomic E-state index is 13.6. The topological polar surface area (TPSA) is 21.3 Å². The van der Waals surface area contributed by atoms with Gasteiger partial charge in [0, 0.05) is 17.8 Å². The molecule has 18 heavy (non-hydrogen) atoms. The van der Waals surface area contributed by atoms with E-state index in [4.69, 9.17) is 4.74 Å². The van der Waals surface area contributed by atoms with Crippen molar-refractivity contribution in [2.24, 2.45) is 11.8 Å². The minimum Gasteiger partial charge on any atom is -0.494 e. The maximum Gasteiger partial charge on any atom is 0.167 e. The van der Waals surface area contributed by atoms with Gasteiger partial charge in [-0.25, -0.2) is 4.39 Å². The molecule has 0 heterocycles. The van der Waals surface area contributed by atoms with Gasteiger partial charge in [-0.2, -0.15) is 0 Å². The van der Waals surface area contributed by atoms with E-state index in [-0.39, 0.29) is 5.82 Å². The van der Waals surface area contributed by atoms with E-state index >= 15 is 0 Å². The molecule has 2 rings (SSSR count). The second-order valence-corrected chi connectivity index (χ2v) is 5.61. The minimum absolute atomic E-state index is 0.297. The van der Waals surface area contributed by atoms with Gasteiger partial charge in [-0.1, -0.05) is 13.8 Å². The van der Waals surface area contributed by atoms with Crippen molar-refractivity contribution >= 4 is 5.69 Å². The van der Waals surface area contributed by atoms with Crippen LogP contribution in [0.4, 0.5) is 10.1 Å². The highest BCUT2D eigenvalue weighted by Crippen LogP contribution is 2.31. The summed E-state index contributed by atoms with van der Waals surface area (Å²) in [5.74, 6) is 1.48. The van der Waals surface area contributed by atoms with Crippen LogP contribution in [0.25, 0.3) is 0 Å². The Bertz CT molecular complexity index is 397. The highest BCUT2D eigenvalue weighted by Gasteiger charge is 2.23. The summed E-state index contributed by atoms with van der Waals surface area (Å²) in [5.41, 5.74) is 0.847. The van der Waals surface area contributed by atoms with Gasteiger partial charge in [0.2, 0.25) is 0 Å². The van der Waals surface area contributed by atoms with Crippen LogP contribution >= 0.6 is 0 Å². The van der Waals surface area contributed by atoms with E-state index in [0.717, 1.165) is 30.4 Å². The van der Waals surface area contributed by atoms with Crippen LogP contribution in [0.15, 0.2) is 18.2 Å². The maximum absolute atomic E-state index is 13.6. The van der Waals surface area contributed by atoms with Crippen LogP contribution in [0, 0.1) is 17.7 Å². The first-order chi connectivity index (χ1) is 8.58. The first-order valence-corrected chi connectivity index (χ1v) is 6.68. The Morgan fingerprint density at radius 2 is 1.83 bits per heavy atom. The molecule has 0 bridgehead atoms. The number of hydrogen-bond donors (Lipinski definition) is 1. The summed E-state index contributed by atoms with van der Waals surface area (Å²) in [7, 11) is 1.48. The van der Waals surface area contributed by atoms with E-state index in [1.807, 2.05) is 6.07 Å². The highest BCUT2D eigenvalue weighted by molar-refractivity contribution is 5.48. The van der Waals surface area contributed by atoms with Crippen LogP contribution in [-0.2, 0) is 0 Å². The third-order valence-electron chi connectivity index (χ3n) is 3.70. The molecular weight excluding hydrogens is 229 g/mol. The average Bonchev–Trinajstić information content (AvgIpc) is 2.27. The molecule has 1 aromatic carbocycles. The number of ether oxygens (including phenoxy) is 1. The molecule has 0 spiro atoms. The highest BCUT2D eigenvalue weighted by atomic mass is 19.1. The van der Waals surface area contributed by atoms with Gasteiger partial charge < -0.3 is 10.1 Å². The Morgan fingerprint density at radius 1 is 1.17 bits per heavy atom. The molecule has 0 saturated heterocycles. The molecule has 1 fully saturated rings. The minimum atomic E-state index is -0.306. The average molecular weight is 251 g/mol. The predicted molar refractivity (Wildman–Crippen MR) is 72.5 cm³/mol. The zero-order valence-electron chi connectivity index (χ0n) is 11.4. The molecule has 1 saturated carbocycles. The van der Waals surface area contributed by atoms with Crippen LogP contribution in [0.2, 0.25) is 0 Å². The summed E-state index contributed by atoms with van der Waals surface area (Å²) >= 11 is 0. The third kappa shape index (κ3) is 3.15. The third-order valence-corrected chi connectivity index (χ3v) is 3.70. The van der Waals surface area contributed by atoms with Gasteiger partial charge in [-0.05, 0) is 43.2 Å². The number of methoxy groups -OCH3 is 1. The number of rotatable bonds is 3. The van der Waals surface area contributed by atoms with Crippen molar-refractivity contribution in [2.75, 3.05) is 12.4 Å². The number of anilines is 1. The van der Waals surface area contributed by atoms with Gasteiger partial charge in [-0.15, -0.1) is 0 Å². The van der Waals surface area contributed by atoms with E-state index in [2.05, 4.69) is 19.2 Å². The van der Waals surface area contributed by atoms with Gasteiger partial charge in [0.15, 0.2) is 11.6 Å². The summed E-state index contributed by atoms with van der Waals surface area (Å²) in [5, 5.41) is 3.44. The molecule has 2 unspecified atom stereocenters. The fourth-order valence-corrected chi connectivity index (χ4v) is 3.06. The standard InChI is InChI=1S/C15H22FNO/c1-10-6-11(2)8-13(7-10)17-12-4-5-15(18-3)14(16)9-12/h4-5,9-11,13,17H,6-8H2,1-3H3. The first kappa shape index (κ1) is 13.2. The number of halogens is 1. The Hall–Kier alpha value is -1.25. The zero-order valence-corrected chi connectivity index (χ0v) is 11.4. The number of benzene rings is 1. The van der Waals surface area contributed by atoms with Gasteiger partial charge >= 0.3 is 0 Å². The van der Waals surface area contributed by atoms with Crippen LogP contribution in [-0.4, -0.2) is 13.2 Å². The Balaban J connectivity index is 2.02. The zero-order chi connectivity index (χ0) is 13.1. The summed E-state index contributed by atoms with van der Waals surface area (Å²) < 4.78 is 18.5. The normalized spacial score (nSPS) is 27.9. The smallest absolute Gasteiger partial charge is 0.167 e. The Kier molecular flexibility index (Phi) is 4.10. The second kappa shape index (κ2) is 5.59. The molecule has 0 aromatic heterocycles. The summed E-state index contributed by atoms with van der Waals surface area (Å²) in [6, 6.07) is 5.53. The quantitative estimate of drug-likeness (QED) is 0.874. The van der Waals surface area contributed by atoms with Crippen LogP contribution in [0.1, 0.15) is 33.1 Å². The van der Waals surface area contributed by atoms with Gasteiger partial charge in [-0.3, -0.25) is 0 Å². The molecule has 100 valence electrons. The summed E-state index contributed by atoms with van der Waals surface area (Å²) in [6.45, 7) is 4.58. The Labute approximate surface area is 109 Å². The monoisotopic (exact) mass is 251 g/mol. The first-order valence-electron chi connectivity index (χ1n) is 6.68. The lowest BCUT2D eigenvalue weighted by atomic mass is 9.80. The van der Waals surface area contributed by atoms with Crippen molar-refractivity contribution in [1.29, 1.82) is 0 Å². The lowest BCUT2D eigenvalue weighted by Crippen LogP contribution is -2.30. The number of hydrogen-bond acceptors (Lipinski definition) is 2. The molecule has 1 aliphatic carbocycles. The van der Waals surface area contributed by atoms with Crippen LogP contribution in [0.3, 0.4) is 0 Å². The van der Waals surface area contributed by atoms with E-state index < -0.39 is 0 Å². The molecular formula is C15H22FNO. The van der Waals surface area contributed by atoms with Gasteiger partial charge in [0.05, 0.1) is 7.11 Å². The van der Waals surface area contributed by atoms with Crippen molar-refractivity contribution in [3.05, 3.63) is 24.0 Å². The van der Waals surface area contributed by atoms with Crippen LogP contribution in [0.5, 0.6) is 5.75 Å². The Morgan fingerprint density at radius 3 is 2.39 bits per heavy atom. The molecule has 0 radical (unpaired) electrons. The van der Waals surface area contributed by atoms with E-state index in [0.29, 0.717) is 11.8 Å². The SMILES string of the molecule is COc1ccc(NC2CC(C)CC(C)C2)cc1F. The van der Waals surface area contributed by atoms with E-state index in [1.165, 1.54) is 19.6 Å². The van der Waals surface area contributed by atoms with Gasteiger partial charge in [0.25, 0.3) is 0 Å². The second-order valence-electron chi connectivity index (χ2n) is 5.61. The molecule has 2 atom stereocenters. The fourth-order valence-electron chi connectivity index (χ4n) is 3.06. The van der Waals surface area contributed by atoms with Crippen molar-refractivity contribution in [3.63, 3.8) is 0 Å². The van der Waals surface area contributed by atoms with E-state index in [9.17, 15) is 4.39 Å². The molecule has 0 aliphatic heterocycles. The number of nitrogens with one attached hydrogen (secondary N) is 1. The lowest BCUT2D eigenvalue weighted by Gasteiger charge is -2.32. The molecule has 3 heteroatoms. The molecule has 1 aromatic rings. The van der Waals surface area contributed by atoms with Crippen molar-refractivity contribution < 1.29 is 9.13 Å². The molecule has 1 aliphatic rings. The largest absolute Gasteiger partial charge is 0.494 e. The van der Waals surface area contributed by atoms with Gasteiger partial charge in [0.1, 0.15) is 0 Å². The molecule has 0 amide bonds. The summed E-state index contributed by atoms with van der Waals surface area (Å²) in [6.07, 6.45) is 3.63. The van der Waals surface area contributed by atoms with Crippen molar-refractivity contribution in [2.45, 2.75) is 39.2 Å². The molecule has 1 N–H and O–H groups in total. The predicted octanol–water partition coefficient (Wildman–Crippen LogP) is 4.07. The molecule has 2 nitrogen and oxygen atoms in total. The fraction of sp³-hybridized carbons (Fsp3) is 0.600. The van der Waals surface area contributed by atoms with Crippen molar-refractivity contribution in [3.8, 4) is 5.75 Å².